The summed E-state index contributed by atoms with van der Waals surface area (Å²) < 4.78 is 6.95. The van der Waals surface area contributed by atoms with E-state index in [1.807, 2.05) is 35.0 Å². The number of H-pyrrole nitrogens is 1. The molecular weight excluding hydrogens is 418 g/mol. The second-order valence-electron chi connectivity index (χ2n) is 8.52. The molecule has 170 valence electrons. The average Bonchev–Trinajstić information content (AvgIpc) is 3.33. The molecular formula is C25H27N5O3. The molecule has 0 bridgehead atoms. The maximum absolute atomic E-state index is 12.9. The number of anilines is 2. The number of aromatic nitrogens is 3. The molecule has 8 heteroatoms. The van der Waals surface area contributed by atoms with Gasteiger partial charge in [0, 0.05) is 42.0 Å². The van der Waals surface area contributed by atoms with E-state index in [0.29, 0.717) is 41.4 Å². The number of esters is 1. The number of ether oxygens (including phenoxy) is 1. The first-order chi connectivity index (χ1) is 16.0. The van der Waals surface area contributed by atoms with Crippen LogP contribution in [0.5, 0.6) is 0 Å². The number of rotatable bonds is 7. The van der Waals surface area contributed by atoms with Crippen molar-refractivity contribution in [2.45, 2.75) is 45.2 Å². The molecule has 3 heterocycles. The first-order valence-corrected chi connectivity index (χ1v) is 11.2. The maximum atomic E-state index is 12.9. The van der Waals surface area contributed by atoms with Crippen molar-refractivity contribution in [2.24, 2.45) is 0 Å². The van der Waals surface area contributed by atoms with Crippen molar-refractivity contribution >= 4 is 45.2 Å². The van der Waals surface area contributed by atoms with Crippen molar-refractivity contribution in [3.05, 3.63) is 54.0 Å². The summed E-state index contributed by atoms with van der Waals surface area (Å²) in [4.78, 5) is 32.9. The van der Waals surface area contributed by atoms with Crippen molar-refractivity contribution in [3.8, 4) is 0 Å². The Bertz CT molecular complexity index is 1350. The zero-order valence-electron chi connectivity index (χ0n) is 18.8. The number of aryl methyl sites for hydroxylation is 2. The predicted molar refractivity (Wildman–Crippen MR) is 129 cm³/mol. The number of hydrogen-bond donors (Lipinski definition) is 3. The number of benzene rings is 1. The first-order valence-electron chi connectivity index (χ1n) is 11.2. The summed E-state index contributed by atoms with van der Waals surface area (Å²) in [5.41, 5.74) is 4.47. The second kappa shape index (κ2) is 8.61. The third-order valence-corrected chi connectivity index (χ3v) is 6.33. The molecule has 8 nitrogen and oxygen atoms in total. The van der Waals surface area contributed by atoms with Crippen LogP contribution in [-0.2, 0) is 22.5 Å². The summed E-state index contributed by atoms with van der Waals surface area (Å²) in [6.07, 6.45) is 7.96. The fourth-order valence-electron chi connectivity index (χ4n) is 4.49. The molecule has 3 N–H and O–H groups in total. The number of nitrogens with one attached hydrogen (secondary N) is 3. The van der Waals surface area contributed by atoms with Gasteiger partial charge in [0.2, 0.25) is 5.91 Å². The summed E-state index contributed by atoms with van der Waals surface area (Å²) in [5.74, 6) is -0.766. The molecule has 0 spiro atoms. The Kier molecular flexibility index (Phi) is 5.50. The van der Waals surface area contributed by atoms with Crippen LogP contribution in [0.3, 0.4) is 0 Å². The zero-order chi connectivity index (χ0) is 22.9. The van der Waals surface area contributed by atoms with Gasteiger partial charge in [0.1, 0.15) is 5.65 Å². The highest BCUT2D eigenvalue weighted by Crippen LogP contribution is 2.34. The number of carbonyl (C=O) groups is 2. The van der Waals surface area contributed by atoms with Gasteiger partial charge in [-0.3, -0.25) is 4.79 Å². The Balaban J connectivity index is 1.58. The van der Waals surface area contributed by atoms with Gasteiger partial charge in [-0.25, -0.2) is 9.78 Å². The molecule has 0 radical (unpaired) electrons. The molecule has 0 unspecified atom stereocenters. The number of aromatic amines is 1. The van der Waals surface area contributed by atoms with Crippen LogP contribution in [0.15, 0.2) is 42.7 Å². The third kappa shape index (κ3) is 3.92. The van der Waals surface area contributed by atoms with Crippen molar-refractivity contribution in [3.63, 3.8) is 0 Å². The molecule has 1 fully saturated rings. The van der Waals surface area contributed by atoms with E-state index >= 15 is 0 Å². The van der Waals surface area contributed by atoms with Gasteiger partial charge in [-0.2, -0.15) is 0 Å². The third-order valence-electron chi connectivity index (χ3n) is 6.33. The molecule has 5 rings (SSSR count). The molecule has 1 aliphatic carbocycles. The number of amides is 1. The van der Waals surface area contributed by atoms with Crippen LogP contribution in [0, 0.1) is 0 Å². The van der Waals surface area contributed by atoms with E-state index in [1.54, 1.807) is 6.20 Å². The Morgan fingerprint density at radius 2 is 2.06 bits per heavy atom. The second-order valence-corrected chi connectivity index (χ2v) is 8.52. The molecule has 0 saturated heterocycles. The van der Waals surface area contributed by atoms with Gasteiger partial charge < -0.3 is 24.9 Å². The van der Waals surface area contributed by atoms with E-state index in [1.165, 1.54) is 20.5 Å². The van der Waals surface area contributed by atoms with Crippen LogP contribution < -0.4 is 10.6 Å². The lowest BCUT2D eigenvalue weighted by molar-refractivity contribution is -0.114. The first kappa shape index (κ1) is 21.1. The summed E-state index contributed by atoms with van der Waals surface area (Å²) in [6.45, 7) is 1.94. The number of methoxy groups -OCH3 is 1. The fraction of sp³-hybridized carbons (Fsp3) is 0.320. The van der Waals surface area contributed by atoms with Crippen LogP contribution in [0.1, 0.15) is 42.2 Å². The van der Waals surface area contributed by atoms with Crippen molar-refractivity contribution in [2.75, 3.05) is 17.7 Å². The van der Waals surface area contributed by atoms with E-state index in [-0.39, 0.29) is 5.91 Å². The molecule has 1 aliphatic rings. The van der Waals surface area contributed by atoms with E-state index in [4.69, 9.17) is 9.72 Å². The molecule has 1 amide bonds. The van der Waals surface area contributed by atoms with Gasteiger partial charge in [0.05, 0.1) is 24.7 Å². The number of para-hydroxylation sites is 1. The van der Waals surface area contributed by atoms with Crippen molar-refractivity contribution < 1.29 is 14.3 Å². The van der Waals surface area contributed by atoms with Crippen LogP contribution in [0.2, 0.25) is 0 Å². The summed E-state index contributed by atoms with van der Waals surface area (Å²) >= 11 is 0. The number of carbonyl (C=O) groups excluding carboxylic acids is 2. The minimum atomic E-state index is -0.510. The molecule has 1 saturated carbocycles. The SMILES string of the molecule is COC(=O)c1c(NC(C)=O)c2cc(NC3CCC3)cnc2n1CCc1c[nH]c2ccccc12. The molecule has 3 aromatic heterocycles. The Morgan fingerprint density at radius 1 is 1.24 bits per heavy atom. The predicted octanol–water partition coefficient (Wildman–Crippen LogP) is 4.47. The van der Waals surface area contributed by atoms with Gasteiger partial charge in [-0.15, -0.1) is 0 Å². The molecule has 4 aromatic rings. The highest BCUT2D eigenvalue weighted by Gasteiger charge is 2.26. The monoisotopic (exact) mass is 445 g/mol. The Hall–Kier alpha value is -3.81. The van der Waals surface area contributed by atoms with E-state index < -0.39 is 5.97 Å². The van der Waals surface area contributed by atoms with Crippen LogP contribution in [-0.4, -0.2) is 39.6 Å². The minimum absolute atomic E-state index is 0.256. The van der Waals surface area contributed by atoms with Gasteiger partial charge >= 0.3 is 5.97 Å². The summed E-state index contributed by atoms with van der Waals surface area (Å²) in [7, 11) is 1.35. The number of hydrogen-bond acceptors (Lipinski definition) is 5. The lowest BCUT2D eigenvalue weighted by Gasteiger charge is -2.27. The summed E-state index contributed by atoms with van der Waals surface area (Å²) in [6, 6.07) is 10.5. The lowest BCUT2D eigenvalue weighted by Crippen LogP contribution is -2.26. The minimum Gasteiger partial charge on any atom is -0.464 e. The smallest absolute Gasteiger partial charge is 0.356 e. The van der Waals surface area contributed by atoms with Gasteiger partial charge in [-0.1, -0.05) is 18.2 Å². The molecule has 0 aliphatic heterocycles. The zero-order valence-corrected chi connectivity index (χ0v) is 18.8. The molecule has 33 heavy (non-hydrogen) atoms. The number of pyridine rings is 1. The highest BCUT2D eigenvalue weighted by atomic mass is 16.5. The topological polar surface area (TPSA) is 101 Å². The normalized spacial score (nSPS) is 13.8. The van der Waals surface area contributed by atoms with E-state index in [0.717, 1.165) is 35.0 Å². The van der Waals surface area contributed by atoms with Crippen LogP contribution >= 0.6 is 0 Å². The Morgan fingerprint density at radius 3 is 2.79 bits per heavy atom. The quantitative estimate of drug-likeness (QED) is 0.364. The van der Waals surface area contributed by atoms with Gasteiger partial charge in [0.15, 0.2) is 5.69 Å². The fourth-order valence-corrected chi connectivity index (χ4v) is 4.49. The Labute approximate surface area is 191 Å². The van der Waals surface area contributed by atoms with Crippen LogP contribution in [0.25, 0.3) is 21.9 Å². The summed E-state index contributed by atoms with van der Waals surface area (Å²) in [5, 5.41) is 8.21. The van der Waals surface area contributed by atoms with Crippen molar-refractivity contribution in [1.29, 1.82) is 0 Å². The lowest BCUT2D eigenvalue weighted by atomic mass is 9.93. The highest BCUT2D eigenvalue weighted by molar-refractivity contribution is 6.11. The molecule has 0 atom stereocenters. The van der Waals surface area contributed by atoms with E-state index in [2.05, 4.69) is 21.7 Å². The standard InChI is InChI=1S/C25H27N5O3/c1-15(31)28-22-20-12-18(29-17-6-5-7-17)14-27-24(20)30(23(22)25(32)33-2)11-10-16-13-26-21-9-4-3-8-19(16)21/h3-4,8-9,12-14,17,26,29H,5-7,10-11H2,1-2H3,(H,28,31). The number of fused-ring (bicyclic) bond motifs is 2. The largest absolute Gasteiger partial charge is 0.464 e. The maximum Gasteiger partial charge on any atom is 0.356 e. The van der Waals surface area contributed by atoms with Gasteiger partial charge in [-0.05, 0) is 43.4 Å². The van der Waals surface area contributed by atoms with Crippen LogP contribution in [0.4, 0.5) is 11.4 Å². The number of nitrogens with zero attached hydrogens (tertiary/aromatic N) is 2. The van der Waals surface area contributed by atoms with E-state index in [9.17, 15) is 9.59 Å². The van der Waals surface area contributed by atoms with Gasteiger partial charge in [0.25, 0.3) is 0 Å². The van der Waals surface area contributed by atoms with Crippen molar-refractivity contribution in [1.82, 2.24) is 14.5 Å². The molecule has 1 aromatic carbocycles. The average molecular weight is 446 g/mol.